The molecule has 1 aromatic rings. The number of carbonyl (C=O) groups excluding carboxylic acids is 1. The van der Waals surface area contributed by atoms with Crippen LogP contribution < -0.4 is 4.74 Å². The first-order valence-electron chi connectivity index (χ1n) is 5.40. The van der Waals surface area contributed by atoms with Crippen LogP contribution in [0.4, 0.5) is 0 Å². The van der Waals surface area contributed by atoms with Gasteiger partial charge in [-0.3, -0.25) is 0 Å². The lowest BCUT2D eigenvalue weighted by molar-refractivity contribution is -0.163. The minimum atomic E-state index is -3.26. The van der Waals surface area contributed by atoms with E-state index < -0.39 is 21.4 Å². The summed E-state index contributed by atoms with van der Waals surface area (Å²) in [7, 11) is -2.09. The molecule has 1 rings (SSSR count). The van der Waals surface area contributed by atoms with Gasteiger partial charge in [-0.05, 0) is 31.2 Å². The molecule has 0 aliphatic heterocycles. The number of hydrogen-bond acceptors (Lipinski definition) is 6. The highest BCUT2D eigenvalue weighted by Crippen LogP contribution is 2.17. The molecule has 0 aliphatic rings. The van der Waals surface area contributed by atoms with Gasteiger partial charge in [0.05, 0.1) is 12.0 Å². The quantitative estimate of drug-likeness (QED) is 0.788. The third kappa shape index (κ3) is 4.22. The van der Waals surface area contributed by atoms with E-state index in [2.05, 4.69) is 4.74 Å². The van der Waals surface area contributed by atoms with E-state index in [9.17, 15) is 18.3 Å². The first kappa shape index (κ1) is 15.5. The zero-order valence-corrected chi connectivity index (χ0v) is 11.7. The first-order valence-corrected chi connectivity index (χ1v) is 7.29. The van der Waals surface area contributed by atoms with Crippen LogP contribution in [0.25, 0.3) is 0 Å². The molecule has 0 spiro atoms. The third-order valence-corrected chi connectivity index (χ3v) is 3.53. The van der Waals surface area contributed by atoms with Crippen molar-refractivity contribution in [3.8, 4) is 5.75 Å². The van der Waals surface area contributed by atoms with Crippen molar-refractivity contribution in [2.24, 2.45) is 0 Å². The number of esters is 1. The van der Waals surface area contributed by atoms with Gasteiger partial charge in [0.1, 0.15) is 12.4 Å². The maximum absolute atomic E-state index is 11.2. The molecule has 106 valence electrons. The second kappa shape index (κ2) is 5.58. The van der Waals surface area contributed by atoms with Crippen molar-refractivity contribution >= 4 is 15.8 Å². The van der Waals surface area contributed by atoms with Crippen LogP contribution in [-0.2, 0) is 19.4 Å². The standard InChI is InChI=1S/C12H16O6S/c1-12(14,11(13)17-2)8-18-9-4-6-10(7-5-9)19(3,15)16/h4-7,14H,8H2,1-3H3. The van der Waals surface area contributed by atoms with Crippen molar-refractivity contribution in [1.82, 2.24) is 0 Å². The summed E-state index contributed by atoms with van der Waals surface area (Å²) in [4.78, 5) is 11.4. The lowest BCUT2D eigenvalue weighted by atomic mass is 10.1. The molecule has 0 aromatic heterocycles. The van der Waals surface area contributed by atoms with Crippen LogP contribution in [0.3, 0.4) is 0 Å². The summed E-state index contributed by atoms with van der Waals surface area (Å²) >= 11 is 0. The Bertz CT molecular complexity index is 544. The Labute approximate surface area is 111 Å². The molecular formula is C12H16O6S. The van der Waals surface area contributed by atoms with Crippen molar-refractivity contribution in [3.05, 3.63) is 24.3 Å². The van der Waals surface area contributed by atoms with Crippen molar-refractivity contribution in [3.63, 3.8) is 0 Å². The molecule has 1 N–H and O–H groups in total. The fourth-order valence-corrected chi connectivity index (χ4v) is 1.92. The molecule has 1 aromatic carbocycles. The number of rotatable bonds is 5. The highest BCUT2D eigenvalue weighted by atomic mass is 32.2. The van der Waals surface area contributed by atoms with Crippen LogP contribution in [0, 0.1) is 0 Å². The number of carbonyl (C=O) groups is 1. The predicted molar refractivity (Wildman–Crippen MR) is 67.7 cm³/mol. The van der Waals surface area contributed by atoms with Crippen LogP contribution in [0.1, 0.15) is 6.92 Å². The van der Waals surface area contributed by atoms with Gasteiger partial charge in [-0.2, -0.15) is 0 Å². The zero-order chi connectivity index (χ0) is 14.7. The molecule has 6 nitrogen and oxygen atoms in total. The van der Waals surface area contributed by atoms with E-state index in [0.29, 0.717) is 5.75 Å². The minimum Gasteiger partial charge on any atom is -0.490 e. The summed E-state index contributed by atoms with van der Waals surface area (Å²) in [6.45, 7) is 0.974. The third-order valence-electron chi connectivity index (χ3n) is 2.40. The van der Waals surface area contributed by atoms with E-state index in [1.165, 1.54) is 31.2 Å². The number of benzene rings is 1. The van der Waals surface area contributed by atoms with Gasteiger partial charge >= 0.3 is 5.97 Å². The molecule has 0 saturated heterocycles. The monoisotopic (exact) mass is 288 g/mol. The molecule has 7 heteroatoms. The first-order chi connectivity index (χ1) is 8.66. The van der Waals surface area contributed by atoms with E-state index in [1.807, 2.05) is 0 Å². The Morgan fingerprint density at radius 1 is 1.32 bits per heavy atom. The molecular weight excluding hydrogens is 272 g/mol. The Morgan fingerprint density at radius 3 is 2.26 bits per heavy atom. The summed E-state index contributed by atoms with van der Waals surface area (Å²) in [6, 6.07) is 5.67. The highest BCUT2D eigenvalue weighted by molar-refractivity contribution is 7.90. The number of methoxy groups -OCH3 is 1. The lowest BCUT2D eigenvalue weighted by Crippen LogP contribution is -2.42. The molecule has 0 fully saturated rings. The molecule has 0 saturated carbocycles. The van der Waals surface area contributed by atoms with Crippen molar-refractivity contribution in [2.75, 3.05) is 20.0 Å². The average Bonchev–Trinajstić information content (AvgIpc) is 2.35. The summed E-state index contributed by atoms with van der Waals surface area (Å²) in [5.74, 6) is -0.461. The van der Waals surface area contributed by atoms with Gasteiger partial charge in [-0.25, -0.2) is 13.2 Å². The number of ether oxygens (including phenoxy) is 2. The van der Waals surface area contributed by atoms with Crippen LogP contribution in [-0.4, -0.2) is 45.1 Å². The van der Waals surface area contributed by atoms with Crippen molar-refractivity contribution in [2.45, 2.75) is 17.4 Å². The summed E-state index contributed by atoms with van der Waals surface area (Å²) < 4.78 is 32.1. The van der Waals surface area contributed by atoms with E-state index in [1.54, 1.807) is 0 Å². The fraction of sp³-hybridized carbons (Fsp3) is 0.417. The number of aliphatic hydroxyl groups is 1. The van der Waals surface area contributed by atoms with Gasteiger partial charge in [-0.15, -0.1) is 0 Å². The number of hydrogen-bond donors (Lipinski definition) is 1. The van der Waals surface area contributed by atoms with Crippen LogP contribution in [0.5, 0.6) is 5.75 Å². The molecule has 0 radical (unpaired) electrons. The zero-order valence-electron chi connectivity index (χ0n) is 10.9. The molecule has 0 amide bonds. The predicted octanol–water partition coefficient (Wildman–Crippen LogP) is 0.393. The van der Waals surface area contributed by atoms with E-state index >= 15 is 0 Å². The maximum atomic E-state index is 11.2. The highest BCUT2D eigenvalue weighted by Gasteiger charge is 2.32. The SMILES string of the molecule is COC(=O)C(C)(O)COc1ccc(S(C)(=O)=O)cc1. The van der Waals surface area contributed by atoms with Gasteiger partial charge in [0.25, 0.3) is 0 Å². The second-order valence-electron chi connectivity index (χ2n) is 4.30. The Balaban J connectivity index is 2.72. The smallest absolute Gasteiger partial charge is 0.341 e. The topological polar surface area (TPSA) is 89.9 Å². The van der Waals surface area contributed by atoms with Gasteiger partial charge in [0.15, 0.2) is 15.4 Å². The summed E-state index contributed by atoms with van der Waals surface area (Å²) in [5.41, 5.74) is -1.76. The molecule has 1 atom stereocenters. The van der Waals surface area contributed by atoms with E-state index in [0.717, 1.165) is 13.4 Å². The van der Waals surface area contributed by atoms with Crippen LogP contribution in [0.15, 0.2) is 29.2 Å². The van der Waals surface area contributed by atoms with Crippen molar-refractivity contribution in [1.29, 1.82) is 0 Å². The normalized spacial score (nSPS) is 14.5. The molecule has 0 bridgehead atoms. The van der Waals surface area contributed by atoms with Gasteiger partial charge < -0.3 is 14.6 Å². The van der Waals surface area contributed by atoms with Crippen LogP contribution in [0.2, 0.25) is 0 Å². The Hall–Kier alpha value is -1.60. The van der Waals surface area contributed by atoms with Gasteiger partial charge in [0.2, 0.25) is 0 Å². The van der Waals surface area contributed by atoms with Crippen molar-refractivity contribution < 1.29 is 27.8 Å². The van der Waals surface area contributed by atoms with Gasteiger partial charge in [0, 0.05) is 6.26 Å². The van der Waals surface area contributed by atoms with E-state index in [-0.39, 0.29) is 11.5 Å². The fourth-order valence-electron chi connectivity index (χ4n) is 1.29. The number of sulfone groups is 1. The van der Waals surface area contributed by atoms with E-state index in [4.69, 9.17) is 4.74 Å². The average molecular weight is 288 g/mol. The Morgan fingerprint density at radius 2 is 1.84 bits per heavy atom. The lowest BCUT2D eigenvalue weighted by Gasteiger charge is -2.20. The molecule has 1 unspecified atom stereocenters. The van der Waals surface area contributed by atoms with Gasteiger partial charge in [-0.1, -0.05) is 0 Å². The maximum Gasteiger partial charge on any atom is 0.341 e. The van der Waals surface area contributed by atoms with Crippen LogP contribution >= 0.6 is 0 Å². The molecule has 0 heterocycles. The molecule has 0 aliphatic carbocycles. The molecule has 19 heavy (non-hydrogen) atoms. The second-order valence-corrected chi connectivity index (χ2v) is 6.31. The largest absolute Gasteiger partial charge is 0.490 e. The summed E-state index contributed by atoms with van der Waals surface area (Å²) in [5, 5.41) is 9.73. The Kier molecular flexibility index (Phi) is 4.54. The summed E-state index contributed by atoms with van der Waals surface area (Å²) in [6.07, 6.45) is 1.10. The minimum absolute atomic E-state index is 0.166.